The zero-order valence-corrected chi connectivity index (χ0v) is 18.8. The molecule has 1 saturated heterocycles. The van der Waals surface area contributed by atoms with E-state index in [0.717, 1.165) is 17.5 Å². The van der Waals surface area contributed by atoms with Gasteiger partial charge in [0.2, 0.25) is 5.91 Å². The number of halogens is 4. The minimum atomic E-state index is -4.50. The Hall–Kier alpha value is -1.53. The van der Waals surface area contributed by atoms with Crippen LogP contribution in [0.25, 0.3) is 0 Å². The molecule has 11 heteroatoms. The number of carbonyl (C=O) groups excluding carboxylic acids is 1. The van der Waals surface area contributed by atoms with Crippen LogP contribution in [0.1, 0.15) is 37.9 Å². The number of hydrogen-bond acceptors (Lipinski definition) is 3. The van der Waals surface area contributed by atoms with E-state index in [1.165, 1.54) is 13.2 Å². The van der Waals surface area contributed by atoms with Gasteiger partial charge < -0.3 is 15.5 Å². The van der Waals surface area contributed by atoms with Crippen molar-refractivity contribution in [3.63, 3.8) is 0 Å². The Morgan fingerprint density at radius 3 is 2.46 bits per heavy atom. The number of alkyl halides is 3. The van der Waals surface area contributed by atoms with Crippen molar-refractivity contribution in [3.8, 4) is 0 Å². The van der Waals surface area contributed by atoms with Crippen molar-refractivity contribution in [2.75, 3.05) is 20.1 Å². The van der Waals surface area contributed by atoms with Crippen molar-refractivity contribution in [1.29, 1.82) is 0 Å². The summed E-state index contributed by atoms with van der Waals surface area (Å²) in [5.41, 5.74) is -0.834. The van der Waals surface area contributed by atoms with Crippen molar-refractivity contribution < 1.29 is 18.0 Å². The molecule has 0 unspecified atom stereocenters. The number of amides is 1. The molecule has 0 spiro atoms. The van der Waals surface area contributed by atoms with Gasteiger partial charge in [-0.25, -0.2) is 0 Å². The molecule has 160 valence electrons. The van der Waals surface area contributed by atoms with Crippen LogP contribution in [0.3, 0.4) is 0 Å². The molecule has 2 heterocycles. The summed E-state index contributed by atoms with van der Waals surface area (Å²) in [6.07, 6.45) is -1.62. The van der Waals surface area contributed by atoms with Gasteiger partial charge in [-0.05, 0) is 12.8 Å². The van der Waals surface area contributed by atoms with Crippen molar-refractivity contribution in [2.24, 2.45) is 18.0 Å². The van der Waals surface area contributed by atoms with Gasteiger partial charge in [0.05, 0.1) is 0 Å². The Morgan fingerprint density at radius 1 is 1.36 bits per heavy atom. The van der Waals surface area contributed by atoms with Crippen LogP contribution in [0.15, 0.2) is 11.2 Å². The van der Waals surface area contributed by atoms with Crippen LogP contribution in [0.4, 0.5) is 13.2 Å². The van der Waals surface area contributed by atoms with Gasteiger partial charge in [-0.3, -0.25) is 14.5 Å². The first kappa shape index (κ1) is 24.5. The fraction of sp³-hybridized carbons (Fsp3) is 0.706. The number of aromatic nitrogens is 2. The third kappa shape index (κ3) is 6.52. The minimum Gasteiger partial charge on any atom is -0.354 e. The topological polar surface area (TPSA) is 74.6 Å². The molecule has 1 aliphatic rings. The maximum absolute atomic E-state index is 13.0. The summed E-state index contributed by atoms with van der Waals surface area (Å²) in [4.78, 5) is 18.0. The molecule has 0 saturated carbocycles. The van der Waals surface area contributed by atoms with Gasteiger partial charge in [0.25, 0.3) is 0 Å². The molecule has 0 radical (unpaired) electrons. The number of nitrogens with one attached hydrogen (secondary N) is 2. The van der Waals surface area contributed by atoms with Gasteiger partial charge in [0.15, 0.2) is 11.7 Å². The maximum atomic E-state index is 13.0. The fourth-order valence-corrected chi connectivity index (χ4v) is 3.08. The molecule has 1 aromatic heterocycles. The molecule has 1 aromatic rings. The zero-order chi connectivity index (χ0) is 20.2. The smallest absolute Gasteiger partial charge is 0.354 e. The van der Waals surface area contributed by atoms with Crippen LogP contribution in [-0.2, 0) is 24.6 Å². The van der Waals surface area contributed by atoms with Gasteiger partial charge in [-0.1, -0.05) is 13.8 Å². The Bertz CT molecular complexity index is 681. The lowest BCUT2D eigenvalue weighted by molar-refractivity contribution is -0.142. The summed E-state index contributed by atoms with van der Waals surface area (Å²) in [5.74, 6) is 0.555. The first-order valence-electron chi connectivity index (χ1n) is 8.97. The van der Waals surface area contributed by atoms with E-state index in [9.17, 15) is 18.0 Å². The van der Waals surface area contributed by atoms with Crippen molar-refractivity contribution in [2.45, 2.75) is 45.5 Å². The van der Waals surface area contributed by atoms with Crippen LogP contribution < -0.4 is 10.6 Å². The number of aryl methyl sites for hydroxylation is 1. The zero-order valence-electron chi connectivity index (χ0n) is 16.5. The molecule has 0 bridgehead atoms. The van der Waals surface area contributed by atoms with Crippen LogP contribution in [0, 0.1) is 5.92 Å². The lowest BCUT2D eigenvalue weighted by Crippen LogP contribution is -2.50. The summed E-state index contributed by atoms with van der Waals surface area (Å²) >= 11 is 0. The summed E-state index contributed by atoms with van der Waals surface area (Å²) in [6.45, 7) is 5.05. The molecule has 0 aliphatic carbocycles. The average molecular weight is 516 g/mol. The lowest BCUT2D eigenvalue weighted by Gasteiger charge is -2.34. The van der Waals surface area contributed by atoms with Gasteiger partial charge in [-0.15, -0.1) is 24.0 Å². The Morgan fingerprint density at radius 2 is 1.96 bits per heavy atom. The van der Waals surface area contributed by atoms with Crippen LogP contribution >= 0.6 is 24.0 Å². The first-order valence-corrected chi connectivity index (χ1v) is 8.97. The second-order valence-electron chi connectivity index (χ2n) is 7.00. The fourth-order valence-electron chi connectivity index (χ4n) is 3.08. The Kier molecular flexibility index (Phi) is 9.02. The molecule has 2 rings (SSSR count). The van der Waals surface area contributed by atoms with E-state index in [2.05, 4.69) is 20.7 Å². The lowest BCUT2D eigenvalue weighted by atomic mass is 10.0. The van der Waals surface area contributed by atoms with Crippen LogP contribution in [-0.4, -0.2) is 52.7 Å². The third-order valence-electron chi connectivity index (χ3n) is 4.48. The molecule has 1 aliphatic heterocycles. The number of guanidine groups is 1. The highest BCUT2D eigenvalue weighted by atomic mass is 127. The van der Waals surface area contributed by atoms with E-state index in [1.54, 1.807) is 7.05 Å². The Labute approximate surface area is 180 Å². The van der Waals surface area contributed by atoms with Crippen molar-refractivity contribution >= 4 is 35.8 Å². The Balaban J connectivity index is 0.00000392. The summed E-state index contributed by atoms with van der Waals surface area (Å²) in [6, 6.07) is 0.114. The van der Waals surface area contributed by atoms with E-state index < -0.39 is 11.9 Å². The van der Waals surface area contributed by atoms with Gasteiger partial charge in [-0.2, -0.15) is 18.3 Å². The number of nitrogens with zero attached hydrogens (tertiary/aromatic N) is 4. The highest BCUT2D eigenvalue weighted by Crippen LogP contribution is 2.30. The van der Waals surface area contributed by atoms with Gasteiger partial charge >= 0.3 is 6.18 Å². The first-order chi connectivity index (χ1) is 12.6. The van der Waals surface area contributed by atoms with Crippen molar-refractivity contribution in [1.82, 2.24) is 25.3 Å². The molecule has 2 N–H and O–H groups in total. The predicted molar refractivity (Wildman–Crippen MR) is 111 cm³/mol. The van der Waals surface area contributed by atoms with Gasteiger partial charge in [0, 0.05) is 57.4 Å². The molecule has 7 nitrogen and oxygen atoms in total. The summed E-state index contributed by atoms with van der Waals surface area (Å²) in [7, 11) is 3.03. The maximum Gasteiger partial charge on any atom is 0.435 e. The highest BCUT2D eigenvalue weighted by molar-refractivity contribution is 14.0. The number of piperidine rings is 1. The summed E-state index contributed by atoms with van der Waals surface area (Å²) < 4.78 is 40.2. The largest absolute Gasteiger partial charge is 0.435 e. The average Bonchev–Trinajstić information content (AvgIpc) is 2.99. The highest BCUT2D eigenvalue weighted by Gasteiger charge is 2.36. The molecule has 1 fully saturated rings. The van der Waals surface area contributed by atoms with E-state index >= 15 is 0 Å². The van der Waals surface area contributed by atoms with E-state index in [-0.39, 0.29) is 54.0 Å². The van der Waals surface area contributed by atoms with Gasteiger partial charge in [0.1, 0.15) is 0 Å². The number of aliphatic imine (C=N–C) groups is 1. The quantitative estimate of drug-likeness (QED) is 0.366. The standard InChI is InChI=1S/C17H27F3N6O.HI/c1-11(2)15(27)26-7-5-13(6-8-26)23-16(21-3)22-9-12-10-25(4)24-14(12)17(18,19)20;/h10-11,13H,5-9H2,1-4H3,(H2,21,22,23);1H. The second kappa shape index (κ2) is 10.3. The number of hydrogen-bond donors (Lipinski definition) is 2. The normalized spacial score (nSPS) is 16.1. The number of likely N-dealkylation sites (tertiary alicyclic amines) is 1. The van der Waals surface area contributed by atoms with E-state index in [4.69, 9.17) is 0 Å². The SMILES string of the molecule is CN=C(NCc1cn(C)nc1C(F)(F)F)NC1CCN(C(=O)C(C)C)CC1.I. The molecule has 1 amide bonds. The number of rotatable bonds is 4. The summed E-state index contributed by atoms with van der Waals surface area (Å²) in [5, 5.41) is 9.63. The number of carbonyl (C=O) groups is 1. The molecular weight excluding hydrogens is 488 g/mol. The van der Waals surface area contributed by atoms with E-state index in [1.807, 2.05) is 18.7 Å². The third-order valence-corrected chi connectivity index (χ3v) is 4.48. The van der Waals surface area contributed by atoms with Crippen LogP contribution in [0.2, 0.25) is 0 Å². The van der Waals surface area contributed by atoms with Crippen molar-refractivity contribution in [3.05, 3.63) is 17.5 Å². The molecule has 28 heavy (non-hydrogen) atoms. The van der Waals surface area contributed by atoms with Crippen LogP contribution in [0.5, 0.6) is 0 Å². The molecular formula is C17H28F3IN6O. The molecule has 0 atom stereocenters. The molecule has 0 aromatic carbocycles. The predicted octanol–water partition coefficient (Wildman–Crippen LogP) is 2.37. The second-order valence-corrected chi connectivity index (χ2v) is 7.00. The van der Waals surface area contributed by atoms with E-state index in [0.29, 0.717) is 19.0 Å². The minimum absolute atomic E-state index is 0. The monoisotopic (exact) mass is 516 g/mol.